The van der Waals surface area contributed by atoms with Crippen LogP contribution in [-0.2, 0) is 14.3 Å². The van der Waals surface area contributed by atoms with Crippen molar-refractivity contribution in [2.24, 2.45) is 34.5 Å². The summed E-state index contributed by atoms with van der Waals surface area (Å²) in [5, 5.41) is 0. The summed E-state index contributed by atoms with van der Waals surface area (Å²) < 4.78 is 5.69. The van der Waals surface area contributed by atoms with E-state index in [0.29, 0.717) is 29.5 Å². The number of esters is 1. The molecule has 0 aliphatic heterocycles. The van der Waals surface area contributed by atoms with Gasteiger partial charge in [-0.2, -0.15) is 0 Å². The molecule has 4 rings (SSSR count). The van der Waals surface area contributed by atoms with Gasteiger partial charge in [0.05, 0.1) is 0 Å². The van der Waals surface area contributed by atoms with Crippen LogP contribution in [0.3, 0.4) is 0 Å². The summed E-state index contributed by atoms with van der Waals surface area (Å²) in [6, 6.07) is 0. The van der Waals surface area contributed by atoms with Crippen LogP contribution < -0.4 is 0 Å². The first-order chi connectivity index (χ1) is 11.9. The number of ether oxygens (including phenoxy) is 1. The van der Waals surface area contributed by atoms with Gasteiger partial charge >= 0.3 is 5.97 Å². The lowest BCUT2D eigenvalue weighted by atomic mass is 9.45. The Morgan fingerprint density at radius 2 is 1.88 bits per heavy atom. The lowest BCUT2D eigenvalue weighted by Crippen LogP contribution is -2.54. The molecular weight excluding hydrogens is 312 g/mol. The second-order valence-corrected chi connectivity index (χ2v) is 9.81. The number of Topliss-reactive ketones (excluding diaryl/α,β-unsaturated/α-hetero) is 1. The predicted octanol–water partition coefficient (Wildman–Crippen LogP) is 4.92. The Hall–Kier alpha value is -0.860. The molecule has 4 saturated carbocycles. The van der Waals surface area contributed by atoms with Crippen molar-refractivity contribution >= 4 is 11.8 Å². The van der Waals surface area contributed by atoms with Crippen LogP contribution in [0.25, 0.3) is 0 Å². The van der Waals surface area contributed by atoms with Gasteiger partial charge in [0.25, 0.3) is 0 Å². The van der Waals surface area contributed by atoms with Crippen LogP contribution in [0.5, 0.6) is 0 Å². The molecule has 0 spiro atoms. The van der Waals surface area contributed by atoms with E-state index in [1.54, 1.807) is 0 Å². The normalized spacial score (nSPS) is 49.1. The molecule has 0 bridgehead atoms. The molecule has 0 N–H and O–H groups in total. The highest BCUT2D eigenvalue weighted by Crippen LogP contribution is 2.65. The molecule has 25 heavy (non-hydrogen) atoms. The van der Waals surface area contributed by atoms with Crippen molar-refractivity contribution in [3.8, 4) is 0 Å². The van der Waals surface area contributed by atoms with E-state index >= 15 is 0 Å². The first kappa shape index (κ1) is 17.5. The lowest BCUT2D eigenvalue weighted by Gasteiger charge is -2.60. The summed E-state index contributed by atoms with van der Waals surface area (Å²) in [7, 11) is 0. The van der Waals surface area contributed by atoms with Crippen LogP contribution in [0.15, 0.2) is 0 Å². The van der Waals surface area contributed by atoms with Gasteiger partial charge in [-0.3, -0.25) is 9.59 Å². The highest BCUT2D eigenvalue weighted by Gasteiger charge is 2.60. The molecule has 3 nitrogen and oxygen atoms in total. The second kappa shape index (κ2) is 6.09. The molecule has 140 valence electrons. The third-order valence-corrected chi connectivity index (χ3v) is 8.91. The number of rotatable bonds is 2. The van der Waals surface area contributed by atoms with Crippen LogP contribution in [0.4, 0.5) is 0 Å². The topological polar surface area (TPSA) is 43.4 Å². The minimum absolute atomic E-state index is 0.0157. The van der Waals surface area contributed by atoms with Crippen molar-refractivity contribution in [3.05, 3.63) is 0 Å². The van der Waals surface area contributed by atoms with Crippen molar-refractivity contribution in [1.82, 2.24) is 0 Å². The summed E-state index contributed by atoms with van der Waals surface area (Å²) in [6.45, 7) is 6.66. The van der Waals surface area contributed by atoms with E-state index in [2.05, 4.69) is 13.8 Å². The summed E-state index contributed by atoms with van der Waals surface area (Å²) in [6.07, 6.45) is 10.7. The third kappa shape index (κ3) is 2.59. The van der Waals surface area contributed by atoms with E-state index in [9.17, 15) is 9.59 Å². The van der Waals surface area contributed by atoms with E-state index < -0.39 is 0 Å². The van der Waals surface area contributed by atoms with Gasteiger partial charge in [-0.05, 0) is 80.5 Å². The molecule has 0 aromatic carbocycles. The van der Waals surface area contributed by atoms with Gasteiger partial charge in [0.1, 0.15) is 11.9 Å². The monoisotopic (exact) mass is 346 g/mol. The number of hydrogen-bond acceptors (Lipinski definition) is 3. The first-order valence-electron chi connectivity index (χ1n) is 10.6. The zero-order chi connectivity index (χ0) is 17.8. The van der Waals surface area contributed by atoms with Gasteiger partial charge in [-0.15, -0.1) is 0 Å². The molecule has 0 heterocycles. The Labute approximate surface area is 152 Å². The van der Waals surface area contributed by atoms with Crippen molar-refractivity contribution in [2.75, 3.05) is 0 Å². The molecule has 0 radical (unpaired) electrons. The molecule has 0 saturated heterocycles. The molecule has 4 aliphatic carbocycles. The van der Waals surface area contributed by atoms with Crippen LogP contribution in [0.2, 0.25) is 0 Å². The van der Waals surface area contributed by atoms with Crippen LogP contribution in [0, 0.1) is 34.5 Å². The van der Waals surface area contributed by atoms with Crippen LogP contribution in [-0.4, -0.2) is 17.9 Å². The molecule has 0 unspecified atom stereocenters. The zero-order valence-corrected chi connectivity index (χ0v) is 16.2. The molecule has 0 aromatic rings. The molecule has 4 aliphatic rings. The number of hydrogen-bond donors (Lipinski definition) is 0. The quantitative estimate of drug-likeness (QED) is 0.667. The largest absolute Gasteiger partial charge is 0.462 e. The second-order valence-electron chi connectivity index (χ2n) is 9.81. The van der Waals surface area contributed by atoms with Crippen LogP contribution >= 0.6 is 0 Å². The van der Waals surface area contributed by atoms with Gasteiger partial charge < -0.3 is 4.74 Å². The summed E-state index contributed by atoms with van der Waals surface area (Å²) in [4.78, 5) is 24.2. The molecule has 0 aromatic heterocycles. The summed E-state index contributed by atoms with van der Waals surface area (Å²) in [5.74, 6) is 3.35. The minimum Gasteiger partial charge on any atom is -0.462 e. The van der Waals surface area contributed by atoms with E-state index in [1.165, 1.54) is 25.7 Å². The SMILES string of the molecule is CCC(=O)O[C@@H]1CC[C@@]2(C)[C@@H](CC[C@@H]3[C@@H]2CC[C@]2(C)C(=O)CC[C@@H]32)C1. The van der Waals surface area contributed by atoms with Gasteiger partial charge in [0, 0.05) is 18.3 Å². The Morgan fingerprint density at radius 3 is 2.64 bits per heavy atom. The minimum atomic E-state index is -0.0415. The number of carbonyl (C=O) groups excluding carboxylic acids is 2. The van der Waals surface area contributed by atoms with Crippen molar-refractivity contribution in [2.45, 2.75) is 91.1 Å². The fourth-order valence-corrected chi connectivity index (χ4v) is 7.37. The Kier molecular flexibility index (Phi) is 4.28. The van der Waals surface area contributed by atoms with Gasteiger partial charge in [0.2, 0.25) is 0 Å². The predicted molar refractivity (Wildman–Crippen MR) is 96.9 cm³/mol. The Morgan fingerprint density at radius 1 is 1.08 bits per heavy atom. The van der Waals surface area contributed by atoms with Crippen LogP contribution in [0.1, 0.15) is 85.0 Å². The summed E-state index contributed by atoms with van der Waals surface area (Å²) >= 11 is 0. The number of carbonyl (C=O) groups is 2. The van der Waals surface area contributed by atoms with E-state index in [4.69, 9.17) is 4.74 Å². The standard InChI is InChI=1S/C22H34O3/c1-4-20(24)25-15-9-11-21(2)14(13-15)5-6-16-17-7-8-19(23)22(17,3)12-10-18(16)21/h14-18H,4-13H2,1-3H3/t14-,15+,16-,17-,18-,21-,22-/m0/s1. The molecule has 3 heteroatoms. The molecule has 4 fully saturated rings. The maximum absolute atomic E-state index is 12.5. The van der Waals surface area contributed by atoms with E-state index in [-0.39, 0.29) is 17.5 Å². The maximum Gasteiger partial charge on any atom is 0.305 e. The Balaban J connectivity index is 1.51. The van der Waals surface area contributed by atoms with E-state index in [1.807, 2.05) is 6.92 Å². The highest BCUT2D eigenvalue weighted by atomic mass is 16.5. The first-order valence-corrected chi connectivity index (χ1v) is 10.6. The average Bonchev–Trinajstić information content (AvgIpc) is 2.90. The molecular formula is C22H34O3. The lowest BCUT2D eigenvalue weighted by molar-refractivity contribution is -0.161. The van der Waals surface area contributed by atoms with Crippen molar-refractivity contribution < 1.29 is 14.3 Å². The molecule has 0 amide bonds. The summed E-state index contributed by atoms with van der Waals surface area (Å²) in [5.41, 5.74) is 0.378. The van der Waals surface area contributed by atoms with Crippen molar-refractivity contribution in [3.63, 3.8) is 0 Å². The molecule has 7 atom stereocenters. The van der Waals surface area contributed by atoms with Gasteiger partial charge in [0.15, 0.2) is 0 Å². The fourth-order valence-electron chi connectivity index (χ4n) is 7.37. The van der Waals surface area contributed by atoms with Crippen molar-refractivity contribution in [1.29, 1.82) is 0 Å². The highest BCUT2D eigenvalue weighted by molar-refractivity contribution is 5.87. The van der Waals surface area contributed by atoms with Gasteiger partial charge in [-0.25, -0.2) is 0 Å². The average molecular weight is 347 g/mol. The smallest absolute Gasteiger partial charge is 0.305 e. The van der Waals surface area contributed by atoms with Gasteiger partial charge in [-0.1, -0.05) is 20.8 Å². The third-order valence-electron chi connectivity index (χ3n) is 8.91. The Bertz CT molecular complexity index is 570. The number of fused-ring (bicyclic) bond motifs is 5. The fraction of sp³-hybridized carbons (Fsp3) is 0.909. The zero-order valence-electron chi connectivity index (χ0n) is 16.2. The van der Waals surface area contributed by atoms with E-state index in [0.717, 1.165) is 43.9 Å². The maximum atomic E-state index is 12.5. The number of ketones is 1.